The summed E-state index contributed by atoms with van der Waals surface area (Å²) in [5.41, 5.74) is 0. The molecule has 15 heavy (non-hydrogen) atoms. The molecule has 0 aromatic heterocycles. The number of hydrazine groups is 1. The highest BCUT2D eigenvalue weighted by molar-refractivity contribution is 8.01. The van der Waals surface area contributed by atoms with Crippen LogP contribution in [0.1, 0.15) is 0 Å². The van der Waals surface area contributed by atoms with Gasteiger partial charge in [-0.25, -0.2) is 5.01 Å². The van der Waals surface area contributed by atoms with E-state index < -0.39 is 0 Å². The largest absolute Gasteiger partial charge is 0.268 e. The average molecular weight is 218 g/mol. The van der Waals surface area contributed by atoms with E-state index in [1.54, 1.807) is 0 Å². The fourth-order valence-corrected chi connectivity index (χ4v) is 3.83. The van der Waals surface area contributed by atoms with Crippen LogP contribution in [-0.4, -0.2) is 27.6 Å². The molecule has 0 amide bonds. The monoisotopic (exact) mass is 218 g/mol. The van der Waals surface area contributed by atoms with E-state index >= 15 is 0 Å². The van der Waals surface area contributed by atoms with Gasteiger partial charge in [0.15, 0.2) is 0 Å². The van der Waals surface area contributed by atoms with Crippen molar-refractivity contribution >= 4 is 11.8 Å². The molecule has 0 spiro atoms. The molecule has 0 radical (unpaired) electrons. The van der Waals surface area contributed by atoms with Crippen LogP contribution in [0.15, 0.2) is 48.6 Å². The molecule has 0 aromatic carbocycles. The zero-order valence-corrected chi connectivity index (χ0v) is 9.18. The molecular weight excluding hydrogens is 204 g/mol. The number of allylic oxidation sites excluding steroid dienone is 4. The Labute approximate surface area is 94.2 Å². The summed E-state index contributed by atoms with van der Waals surface area (Å²) in [7, 11) is 0. The fourth-order valence-electron chi connectivity index (χ4n) is 2.32. The smallest absolute Gasteiger partial charge is 0.0585 e. The number of hydrogen-bond donors (Lipinski definition) is 1. The van der Waals surface area contributed by atoms with Crippen molar-refractivity contribution in [2.45, 2.75) is 22.6 Å². The van der Waals surface area contributed by atoms with Crippen molar-refractivity contribution in [3.8, 4) is 0 Å². The Hall–Kier alpha value is -0.770. The van der Waals surface area contributed by atoms with Gasteiger partial charge in [-0.15, -0.1) is 11.8 Å². The van der Waals surface area contributed by atoms with E-state index in [2.05, 4.69) is 48.6 Å². The zero-order chi connectivity index (χ0) is 10.3. The van der Waals surface area contributed by atoms with Gasteiger partial charge in [0.25, 0.3) is 0 Å². The van der Waals surface area contributed by atoms with Crippen LogP contribution in [0.3, 0.4) is 0 Å². The first kappa shape index (κ1) is 9.46. The van der Waals surface area contributed by atoms with Crippen LogP contribution in [0.25, 0.3) is 0 Å². The van der Waals surface area contributed by atoms with E-state index in [1.165, 1.54) is 0 Å². The predicted molar refractivity (Wildman–Crippen MR) is 65.3 cm³/mol. The van der Waals surface area contributed by atoms with Crippen molar-refractivity contribution in [2.75, 3.05) is 0 Å². The van der Waals surface area contributed by atoms with Gasteiger partial charge in [-0.2, -0.15) is 0 Å². The van der Waals surface area contributed by atoms with Gasteiger partial charge in [-0.3, -0.25) is 5.84 Å². The quantitative estimate of drug-likeness (QED) is 0.627. The number of hydrogen-bond acceptors (Lipinski definition) is 3. The van der Waals surface area contributed by atoms with Crippen molar-refractivity contribution in [3.63, 3.8) is 0 Å². The molecule has 1 aliphatic heterocycles. The lowest BCUT2D eigenvalue weighted by molar-refractivity contribution is 0.189. The van der Waals surface area contributed by atoms with Crippen LogP contribution in [-0.2, 0) is 0 Å². The van der Waals surface area contributed by atoms with Crippen molar-refractivity contribution < 1.29 is 0 Å². The van der Waals surface area contributed by atoms with Crippen LogP contribution in [0.4, 0.5) is 0 Å². The van der Waals surface area contributed by atoms with Crippen LogP contribution < -0.4 is 5.84 Å². The van der Waals surface area contributed by atoms with Gasteiger partial charge in [0, 0.05) is 10.5 Å². The van der Waals surface area contributed by atoms with Gasteiger partial charge in [0.05, 0.1) is 12.1 Å². The molecule has 2 N–H and O–H groups in total. The third-order valence-electron chi connectivity index (χ3n) is 3.12. The minimum absolute atomic E-state index is 0.345. The van der Waals surface area contributed by atoms with Crippen LogP contribution in [0.5, 0.6) is 0 Å². The van der Waals surface area contributed by atoms with E-state index in [-0.39, 0.29) is 0 Å². The molecule has 4 atom stereocenters. The molecule has 0 saturated carbocycles. The highest BCUT2D eigenvalue weighted by Gasteiger charge is 2.38. The van der Waals surface area contributed by atoms with Crippen LogP contribution in [0.2, 0.25) is 0 Å². The molecule has 2 nitrogen and oxygen atoms in total. The molecule has 2 aliphatic carbocycles. The topological polar surface area (TPSA) is 29.3 Å². The molecule has 3 aliphatic rings. The number of fused-ring (bicyclic) bond motifs is 2. The molecule has 3 heteroatoms. The summed E-state index contributed by atoms with van der Waals surface area (Å²) in [4.78, 5) is 0. The van der Waals surface area contributed by atoms with Gasteiger partial charge in [0.1, 0.15) is 0 Å². The van der Waals surface area contributed by atoms with Gasteiger partial charge in [-0.05, 0) is 0 Å². The molecule has 1 fully saturated rings. The minimum atomic E-state index is 0.345. The molecule has 78 valence electrons. The van der Waals surface area contributed by atoms with Crippen molar-refractivity contribution in [1.29, 1.82) is 0 Å². The van der Waals surface area contributed by atoms with Gasteiger partial charge >= 0.3 is 0 Å². The van der Waals surface area contributed by atoms with Gasteiger partial charge in [0.2, 0.25) is 0 Å². The Balaban J connectivity index is 1.90. The summed E-state index contributed by atoms with van der Waals surface area (Å²) in [6, 6.07) is 0.690. The summed E-state index contributed by atoms with van der Waals surface area (Å²) in [5, 5.41) is 2.99. The highest BCUT2D eigenvalue weighted by atomic mass is 32.2. The number of nitrogens with zero attached hydrogens (tertiary/aromatic N) is 1. The van der Waals surface area contributed by atoms with Crippen LogP contribution >= 0.6 is 11.8 Å². The van der Waals surface area contributed by atoms with Crippen molar-refractivity contribution in [1.82, 2.24) is 5.01 Å². The lowest BCUT2D eigenvalue weighted by Gasteiger charge is -2.45. The molecule has 3 rings (SSSR count). The normalized spacial score (nSPS) is 42.7. The summed E-state index contributed by atoms with van der Waals surface area (Å²) in [5.74, 6) is 6.19. The first-order valence-corrected chi connectivity index (χ1v) is 6.19. The second kappa shape index (κ2) is 3.67. The molecular formula is C12H14N2S. The van der Waals surface area contributed by atoms with Gasteiger partial charge in [-0.1, -0.05) is 48.6 Å². The second-order valence-electron chi connectivity index (χ2n) is 4.03. The molecule has 1 heterocycles. The Morgan fingerprint density at radius 2 is 1.27 bits per heavy atom. The van der Waals surface area contributed by atoms with E-state index in [1.807, 2.05) is 16.8 Å². The summed E-state index contributed by atoms with van der Waals surface area (Å²) >= 11 is 2.01. The Morgan fingerprint density at radius 1 is 0.800 bits per heavy atom. The Kier molecular flexibility index (Phi) is 2.31. The zero-order valence-electron chi connectivity index (χ0n) is 8.36. The first-order chi connectivity index (χ1) is 7.36. The maximum Gasteiger partial charge on any atom is 0.0585 e. The molecule has 0 aromatic rings. The second-order valence-corrected chi connectivity index (χ2v) is 5.39. The number of thioether (sulfide) groups is 1. The summed E-state index contributed by atoms with van der Waals surface area (Å²) < 4.78 is 0. The van der Waals surface area contributed by atoms with Crippen molar-refractivity contribution in [2.24, 2.45) is 5.84 Å². The highest BCUT2D eigenvalue weighted by Crippen LogP contribution is 2.37. The van der Waals surface area contributed by atoms with E-state index in [0.717, 1.165) is 0 Å². The van der Waals surface area contributed by atoms with E-state index in [4.69, 9.17) is 5.84 Å². The minimum Gasteiger partial charge on any atom is -0.268 e. The standard InChI is InChI=1S/C12H14N2S/c13-14-9-5-1-3-7-11(9)15-12-8-4-2-6-10(12)14/h1-12H,13H2. The van der Waals surface area contributed by atoms with Crippen molar-refractivity contribution in [3.05, 3.63) is 48.6 Å². The average Bonchev–Trinajstić information content (AvgIpc) is 2.30. The third-order valence-corrected chi connectivity index (χ3v) is 4.62. The third kappa shape index (κ3) is 1.51. The maximum absolute atomic E-state index is 6.19. The first-order valence-electron chi connectivity index (χ1n) is 5.25. The maximum atomic E-state index is 6.19. The molecule has 4 unspecified atom stereocenters. The van der Waals surface area contributed by atoms with E-state index in [0.29, 0.717) is 22.6 Å². The van der Waals surface area contributed by atoms with E-state index in [9.17, 15) is 0 Å². The predicted octanol–water partition coefficient (Wildman–Crippen LogP) is 1.64. The van der Waals surface area contributed by atoms with Gasteiger partial charge < -0.3 is 0 Å². The summed E-state index contributed by atoms with van der Waals surface area (Å²) in [6.07, 6.45) is 17.3. The molecule has 1 saturated heterocycles. The lowest BCUT2D eigenvalue weighted by Crippen LogP contribution is -2.58. The number of nitrogens with two attached hydrogens (primary N) is 1. The van der Waals surface area contributed by atoms with Crippen LogP contribution in [0, 0.1) is 0 Å². The Bertz CT molecular complexity index is 336. The Morgan fingerprint density at radius 3 is 1.80 bits per heavy atom. The lowest BCUT2D eigenvalue weighted by atomic mass is 10.0. The summed E-state index contributed by atoms with van der Waals surface area (Å²) in [6.45, 7) is 0. The SMILES string of the molecule is NN1C2C=CC=CC2SC2C=CC=CC21. The fraction of sp³-hybridized carbons (Fsp3) is 0.333. The number of rotatable bonds is 0. The molecule has 0 bridgehead atoms.